The van der Waals surface area contributed by atoms with Crippen molar-refractivity contribution in [3.63, 3.8) is 0 Å². The molecule has 0 spiro atoms. The predicted molar refractivity (Wildman–Crippen MR) is 181 cm³/mol. The van der Waals surface area contributed by atoms with E-state index in [-0.39, 0.29) is 9.79 Å². The van der Waals surface area contributed by atoms with E-state index in [4.69, 9.17) is 9.47 Å². The summed E-state index contributed by atoms with van der Waals surface area (Å²) in [6, 6.07) is 27.2. The first-order chi connectivity index (χ1) is 22.7. The lowest BCUT2D eigenvalue weighted by atomic mass is 9.85. The Hall–Kier alpha value is -4.53. The molecule has 0 heterocycles. The van der Waals surface area contributed by atoms with Crippen LogP contribution in [0.1, 0.15) is 75.3 Å². The fourth-order valence-corrected chi connectivity index (χ4v) is 7.22. The van der Waals surface area contributed by atoms with Crippen LogP contribution in [-0.4, -0.2) is 29.8 Å². The second-order valence-electron chi connectivity index (χ2n) is 12.4. The molecule has 7 heteroatoms. The zero-order chi connectivity index (χ0) is 32.7. The van der Waals surface area contributed by atoms with Gasteiger partial charge in [0.2, 0.25) is 9.84 Å². The number of aliphatic hydroxyl groups is 2. The van der Waals surface area contributed by atoms with E-state index in [1.807, 2.05) is 24.3 Å². The molecule has 4 aromatic rings. The van der Waals surface area contributed by atoms with Gasteiger partial charge in [0.1, 0.15) is 34.2 Å². The Morgan fingerprint density at radius 1 is 0.511 bits per heavy atom. The van der Waals surface area contributed by atoms with Gasteiger partial charge in [0.05, 0.1) is 9.79 Å². The van der Waals surface area contributed by atoms with Gasteiger partial charge < -0.3 is 19.7 Å². The normalized spacial score (nSPS) is 16.9. The van der Waals surface area contributed by atoms with Gasteiger partial charge in [0, 0.05) is 11.1 Å². The Morgan fingerprint density at radius 3 is 1.28 bits per heavy atom. The van der Waals surface area contributed by atoms with Crippen LogP contribution in [-0.2, 0) is 9.84 Å². The average molecular weight is 647 g/mol. The van der Waals surface area contributed by atoms with Crippen LogP contribution in [0.25, 0.3) is 0 Å². The number of benzene rings is 4. The highest BCUT2D eigenvalue weighted by molar-refractivity contribution is 7.91. The van der Waals surface area contributed by atoms with Crippen molar-refractivity contribution < 1.29 is 28.1 Å². The van der Waals surface area contributed by atoms with Crippen LogP contribution >= 0.6 is 0 Å². The van der Waals surface area contributed by atoms with E-state index >= 15 is 0 Å². The van der Waals surface area contributed by atoms with Crippen LogP contribution < -0.4 is 9.47 Å². The molecule has 0 bridgehead atoms. The molecule has 47 heavy (non-hydrogen) atoms. The molecule has 0 amide bonds. The standard InChI is InChI=1S/C40H38O6S/c41-39(23-3-1-4-24-39)27-21-31-9-7-11-35(29-31)45-33-13-17-37(18-14-33)47(43,44)38-19-15-34(16-20-38)46-36-12-8-10-32(30-36)22-28-40(42)25-5-2-6-26-40/h7-20,29-30,41-42H,1-6,23-26H2. The van der Waals surface area contributed by atoms with Gasteiger partial charge in [0.25, 0.3) is 0 Å². The summed E-state index contributed by atoms with van der Waals surface area (Å²) in [5.74, 6) is 14.4. The number of sulfone groups is 1. The van der Waals surface area contributed by atoms with E-state index in [9.17, 15) is 18.6 Å². The third-order valence-electron chi connectivity index (χ3n) is 8.65. The zero-order valence-electron chi connectivity index (χ0n) is 26.2. The van der Waals surface area contributed by atoms with Gasteiger partial charge in [-0.05, 0) is 136 Å². The van der Waals surface area contributed by atoms with Crippen LogP contribution in [0.15, 0.2) is 107 Å². The largest absolute Gasteiger partial charge is 0.457 e. The third kappa shape index (κ3) is 8.44. The second-order valence-corrected chi connectivity index (χ2v) is 14.3. The minimum Gasteiger partial charge on any atom is -0.457 e. The van der Waals surface area contributed by atoms with Gasteiger partial charge in [-0.2, -0.15) is 0 Å². The first kappa shape index (κ1) is 32.4. The maximum atomic E-state index is 13.4. The Bertz CT molecular complexity index is 1790. The van der Waals surface area contributed by atoms with Crippen LogP contribution in [0.3, 0.4) is 0 Å². The molecule has 2 saturated carbocycles. The molecule has 0 atom stereocenters. The lowest BCUT2D eigenvalue weighted by Gasteiger charge is -2.26. The van der Waals surface area contributed by atoms with Gasteiger partial charge >= 0.3 is 0 Å². The molecule has 0 saturated heterocycles. The number of hydrogen-bond acceptors (Lipinski definition) is 6. The van der Waals surface area contributed by atoms with Gasteiger partial charge in [-0.3, -0.25) is 0 Å². The minimum atomic E-state index is -3.77. The topological polar surface area (TPSA) is 93.1 Å². The first-order valence-corrected chi connectivity index (χ1v) is 17.7. The molecule has 0 aromatic heterocycles. The summed E-state index contributed by atoms with van der Waals surface area (Å²) in [4.78, 5) is 0.287. The molecule has 0 aliphatic heterocycles. The van der Waals surface area contributed by atoms with Crippen molar-refractivity contribution in [2.75, 3.05) is 0 Å². The lowest BCUT2D eigenvalue weighted by Crippen LogP contribution is -2.29. The van der Waals surface area contributed by atoms with Crippen LogP contribution in [0, 0.1) is 23.7 Å². The van der Waals surface area contributed by atoms with Gasteiger partial charge in [-0.25, -0.2) is 8.42 Å². The van der Waals surface area contributed by atoms with Crippen LogP contribution in [0.2, 0.25) is 0 Å². The SMILES string of the molecule is O=S(=O)(c1ccc(Oc2cccc(C#CC3(O)CCCCC3)c2)cc1)c1ccc(Oc2cccc(C#CC3(O)CCCCC3)c2)cc1. The molecule has 0 radical (unpaired) electrons. The van der Waals surface area contributed by atoms with Gasteiger partial charge in [0.15, 0.2) is 0 Å². The van der Waals surface area contributed by atoms with Crippen molar-refractivity contribution in [2.45, 2.75) is 85.2 Å². The van der Waals surface area contributed by atoms with Gasteiger partial charge in [-0.1, -0.05) is 48.7 Å². The molecule has 240 valence electrons. The van der Waals surface area contributed by atoms with Crippen molar-refractivity contribution in [1.29, 1.82) is 0 Å². The van der Waals surface area contributed by atoms with Crippen LogP contribution in [0.4, 0.5) is 0 Å². The predicted octanol–water partition coefficient (Wildman–Crippen LogP) is 8.20. The van der Waals surface area contributed by atoms with E-state index in [1.54, 1.807) is 48.5 Å². The summed E-state index contributed by atoms with van der Waals surface area (Å²) in [6.45, 7) is 0. The Morgan fingerprint density at radius 2 is 0.894 bits per heavy atom. The van der Waals surface area contributed by atoms with E-state index in [1.165, 1.54) is 24.3 Å². The van der Waals surface area contributed by atoms with Crippen molar-refractivity contribution in [1.82, 2.24) is 0 Å². The Balaban J connectivity index is 1.09. The highest BCUT2D eigenvalue weighted by Gasteiger charge is 2.27. The zero-order valence-corrected chi connectivity index (χ0v) is 27.1. The molecular weight excluding hydrogens is 609 g/mol. The summed E-state index contributed by atoms with van der Waals surface area (Å²) in [6.07, 6.45) is 8.99. The van der Waals surface area contributed by atoms with Gasteiger partial charge in [-0.15, -0.1) is 0 Å². The summed E-state index contributed by atoms with van der Waals surface area (Å²) in [5.41, 5.74) is -0.373. The van der Waals surface area contributed by atoms with Crippen molar-refractivity contribution >= 4 is 9.84 Å². The molecule has 6 nitrogen and oxygen atoms in total. The smallest absolute Gasteiger partial charge is 0.206 e. The Labute approximate surface area is 277 Å². The molecule has 2 aliphatic carbocycles. The van der Waals surface area contributed by atoms with Crippen molar-refractivity contribution in [2.24, 2.45) is 0 Å². The number of hydrogen-bond donors (Lipinski definition) is 2. The van der Waals surface area contributed by atoms with E-state index in [0.29, 0.717) is 48.7 Å². The van der Waals surface area contributed by atoms with Crippen molar-refractivity contribution in [3.05, 3.63) is 108 Å². The lowest BCUT2D eigenvalue weighted by molar-refractivity contribution is 0.0606. The Kier molecular flexibility index (Phi) is 9.71. The highest BCUT2D eigenvalue weighted by atomic mass is 32.2. The van der Waals surface area contributed by atoms with Crippen LogP contribution in [0.5, 0.6) is 23.0 Å². The summed E-state index contributed by atoms with van der Waals surface area (Å²) in [7, 11) is -3.77. The fraction of sp³-hybridized carbons (Fsp3) is 0.300. The maximum absolute atomic E-state index is 13.4. The van der Waals surface area contributed by atoms with E-state index in [0.717, 1.165) is 49.7 Å². The summed E-state index contributed by atoms with van der Waals surface area (Å²) in [5, 5.41) is 21.4. The number of ether oxygens (including phenoxy) is 2. The molecule has 2 N–H and O–H groups in total. The second kappa shape index (κ2) is 14.1. The minimum absolute atomic E-state index is 0.143. The summed E-state index contributed by atoms with van der Waals surface area (Å²) >= 11 is 0. The van der Waals surface area contributed by atoms with Crippen molar-refractivity contribution in [3.8, 4) is 46.7 Å². The molecular formula is C40H38O6S. The molecule has 6 rings (SSSR count). The third-order valence-corrected chi connectivity index (χ3v) is 10.4. The highest BCUT2D eigenvalue weighted by Crippen LogP contribution is 2.31. The maximum Gasteiger partial charge on any atom is 0.206 e. The molecule has 4 aromatic carbocycles. The monoisotopic (exact) mass is 646 g/mol. The summed E-state index contributed by atoms with van der Waals surface area (Å²) < 4.78 is 38.7. The first-order valence-electron chi connectivity index (χ1n) is 16.2. The average Bonchev–Trinajstić information content (AvgIpc) is 3.08. The molecule has 2 aliphatic rings. The fourth-order valence-electron chi connectivity index (χ4n) is 5.96. The molecule has 0 unspecified atom stereocenters. The van der Waals surface area contributed by atoms with E-state index < -0.39 is 21.0 Å². The van der Waals surface area contributed by atoms with E-state index in [2.05, 4.69) is 23.7 Å². The quantitative estimate of drug-likeness (QED) is 0.205. The molecule has 2 fully saturated rings. The number of rotatable bonds is 6.